The Balaban J connectivity index is 3.36. The highest BCUT2D eigenvalue weighted by atomic mass is 16.6. The molecule has 0 unspecified atom stereocenters. The average Bonchev–Trinajstić information content (AvgIpc) is 2.33. The van der Waals surface area contributed by atoms with Crippen molar-refractivity contribution >= 4 is 11.9 Å². The van der Waals surface area contributed by atoms with Crippen LogP contribution in [0.2, 0.25) is 0 Å². The fourth-order valence-electron chi connectivity index (χ4n) is 1.41. The number of hydrogen-bond acceptors (Lipinski definition) is 5. The van der Waals surface area contributed by atoms with Crippen LogP contribution in [0.1, 0.15) is 26.3 Å². The fourth-order valence-corrected chi connectivity index (χ4v) is 1.41. The monoisotopic (exact) mass is 266 g/mol. The van der Waals surface area contributed by atoms with Gasteiger partial charge in [0.15, 0.2) is 11.5 Å². The molecule has 0 aliphatic carbocycles. The van der Waals surface area contributed by atoms with Gasteiger partial charge in [-0.3, -0.25) is 15.1 Å². The zero-order valence-electron chi connectivity index (χ0n) is 11.8. The summed E-state index contributed by atoms with van der Waals surface area (Å²) in [5, 5.41) is 11.1. The lowest BCUT2D eigenvalue weighted by atomic mass is 10.1. The molecule has 1 aromatic rings. The SMILES string of the molecule is COc1cc(C=NC(C)(C)C)c([N+](=O)[O-])cc1OC. The van der Waals surface area contributed by atoms with Crippen LogP contribution in [0.15, 0.2) is 17.1 Å². The topological polar surface area (TPSA) is 74.0 Å². The third kappa shape index (κ3) is 3.94. The smallest absolute Gasteiger partial charge is 0.282 e. The zero-order chi connectivity index (χ0) is 14.6. The Morgan fingerprint density at radius 1 is 1.21 bits per heavy atom. The van der Waals surface area contributed by atoms with Crippen LogP contribution < -0.4 is 9.47 Å². The normalized spacial score (nSPS) is 11.6. The number of hydrogen-bond donors (Lipinski definition) is 0. The third-order valence-electron chi connectivity index (χ3n) is 2.32. The second-order valence-corrected chi connectivity index (χ2v) is 4.95. The molecule has 0 N–H and O–H groups in total. The molecule has 6 nitrogen and oxygen atoms in total. The Bertz CT molecular complexity index is 504. The maximum Gasteiger partial charge on any atom is 0.282 e. The number of methoxy groups -OCH3 is 2. The highest BCUT2D eigenvalue weighted by Crippen LogP contribution is 2.33. The van der Waals surface area contributed by atoms with Crippen molar-refractivity contribution < 1.29 is 14.4 Å². The Kier molecular flexibility index (Phi) is 4.47. The number of benzene rings is 1. The van der Waals surface area contributed by atoms with E-state index in [-0.39, 0.29) is 11.2 Å². The molecule has 6 heteroatoms. The minimum absolute atomic E-state index is 0.0642. The first kappa shape index (κ1) is 14.9. The Morgan fingerprint density at radius 2 is 1.74 bits per heavy atom. The lowest BCUT2D eigenvalue weighted by Gasteiger charge is -2.12. The first-order valence-corrected chi connectivity index (χ1v) is 5.74. The summed E-state index contributed by atoms with van der Waals surface area (Å²) in [6, 6.07) is 2.88. The van der Waals surface area contributed by atoms with E-state index in [0.29, 0.717) is 17.1 Å². The molecule has 0 aliphatic rings. The van der Waals surface area contributed by atoms with E-state index in [1.165, 1.54) is 26.5 Å². The number of nitrogens with zero attached hydrogens (tertiary/aromatic N) is 2. The van der Waals surface area contributed by atoms with Crippen molar-refractivity contribution in [3.63, 3.8) is 0 Å². The van der Waals surface area contributed by atoms with Crippen molar-refractivity contribution in [3.05, 3.63) is 27.8 Å². The minimum Gasteiger partial charge on any atom is -0.493 e. The second-order valence-electron chi connectivity index (χ2n) is 4.95. The fraction of sp³-hybridized carbons (Fsp3) is 0.462. The maximum atomic E-state index is 11.1. The molecule has 0 aliphatic heterocycles. The first-order chi connectivity index (χ1) is 8.78. The predicted octanol–water partition coefficient (Wildman–Crippen LogP) is 2.83. The van der Waals surface area contributed by atoms with E-state index in [0.717, 1.165) is 0 Å². The largest absolute Gasteiger partial charge is 0.493 e. The lowest BCUT2D eigenvalue weighted by molar-refractivity contribution is -0.385. The Hall–Kier alpha value is -2.11. The van der Waals surface area contributed by atoms with Gasteiger partial charge in [0.1, 0.15) is 0 Å². The molecule has 0 saturated heterocycles. The van der Waals surface area contributed by atoms with Gasteiger partial charge < -0.3 is 9.47 Å². The quantitative estimate of drug-likeness (QED) is 0.477. The molecule has 0 amide bonds. The number of nitro groups is 1. The predicted molar refractivity (Wildman–Crippen MR) is 73.5 cm³/mol. The molecule has 1 aromatic carbocycles. The van der Waals surface area contributed by atoms with E-state index < -0.39 is 4.92 Å². The molecule has 0 spiro atoms. The van der Waals surface area contributed by atoms with Gasteiger partial charge in [-0.2, -0.15) is 0 Å². The molecule has 0 fully saturated rings. The zero-order valence-corrected chi connectivity index (χ0v) is 11.8. The second kappa shape index (κ2) is 5.69. The van der Waals surface area contributed by atoms with Crippen LogP contribution in [0.3, 0.4) is 0 Å². The van der Waals surface area contributed by atoms with Gasteiger partial charge >= 0.3 is 0 Å². The first-order valence-electron chi connectivity index (χ1n) is 5.74. The van der Waals surface area contributed by atoms with Gasteiger partial charge in [0.2, 0.25) is 0 Å². The van der Waals surface area contributed by atoms with Crippen molar-refractivity contribution in [2.75, 3.05) is 14.2 Å². The summed E-state index contributed by atoms with van der Waals surface area (Å²) >= 11 is 0. The summed E-state index contributed by atoms with van der Waals surface area (Å²) in [5.41, 5.74) is 0.0179. The standard InChI is InChI=1S/C13H18N2O4/c1-13(2,3)14-8-9-6-11(18-4)12(19-5)7-10(9)15(16)17/h6-8H,1-5H3. The minimum atomic E-state index is -0.466. The van der Waals surface area contributed by atoms with Crippen LogP contribution in [0.25, 0.3) is 0 Å². The highest BCUT2D eigenvalue weighted by molar-refractivity contribution is 5.87. The van der Waals surface area contributed by atoms with E-state index in [9.17, 15) is 10.1 Å². The van der Waals surface area contributed by atoms with Gasteiger partial charge in [-0.15, -0.1) is 0 Å². The van der Waals surface area contributed by atoms with Gasteiger partial charge in [0, 0.05) is 6.21 Å². The Labute approximate surface area is 112 Å². The van der Waals surface area contributed by atoms with Crippen molar-refractivity contribution in [1.29, 1.82) is 0 Å². The van der Waals surface area contributed by atoms with Gasteiger partial charge in [0.05, 0.1) is 36.3 Å². The van der Waals surface area contributed by atoms with Crippen LogP contribution in [0.4, 0.5) is 5.69 Å². The molecule has 0 saturated carbocycles. The molecular formula is C13H18N2O4. The maximum absolute atomic E-state index is 11.1. The summed E-state index contributed by atoms with van der Waals surface area (Å²) in [5.74, 6) is 0.755. The molecule has 0 aromatic heterocycles. The van der Waals surface area contributed by atoms with Crippen LogP contribution in [0, 0.1) is 10.1 Å². The molecule has 0 bridgehead atoms. The Morgan fingerprint density at radius 3 is 2.16 bits per heavy atom. The van der Waals surface area contributed by atoms with E-state index in [1.807, 2.05) is 20.8 Å². The summed E-state index contributed by atoms with van der Waals surface area (Å²) < 4.78 is 10.2. The van der Waals surface area contributed by atoms with Gasteiger partial charge in [-0.1, -0.05) is 0 Å². The summed E-state index contributed by atoms with van der Waals surface area (Å²) in [7, 11) is 2.92. The number of nitro benzene ring substituents is 1. The summed E-state index contributed by atoms with van der Waals surface area (Å²) in [6.07, 6.45) is 1.49. The molecule has 104 valence electrons. The van der Waals surface area contributed by atoms with E-state index in [1.54, 1.807) is 6.07 Å². The number of ether oxygens (including phenoxy) is 2. The van der Waals surface area contributed by atoms with Crippen molar-refractivity contribution in [2.24, 2.45) is 4.99 Å². The number of aliphatic imine (C=N–C) groups is 1. The van der Waals surface area contributed by atoms with Crippen molar-refractivity contribution in [3.8, 4) is 11.5 Å². The summed E-state index contributed by atoms with van der Waals surface area (Å²) in [4.78, 5) is 14.9. The molecule has 19 heavy (non-hydrogen) atoms. The van der Waals surface area contributed by atoms with Gasteiger partial charge in [-0.25, -0.2) is 0 Å². The lowest BCUT2D eigenvalue weighted by Crippen LogP contribution is -2.10. The van der Waals surface area contributed by atoms with Crippen LogP contribution in [-0.2, 0) is 0 Å². The molecular weight excluding hydrogens is 248 g/mol. The van der Waals surface area contributed by atoms with Crippen molar-refractivity contribution in [1.82, 2.24) is 0 Å². The molecule has 0 heterocycles. The van der Waals surface area contributed by atoms with Gasteiger partial charge in [-0.05, 0) is 26.8 Å². The highest BCUT2D eigenvalue weighted by Gasteiger charge is 2.18. The van der Waals surface area contributed by atoms with Crippen LogP contribution in [0.5, 0.6) is 11.5 Å². The number of rotatable bonds is 4. The van der Waals surface area contributed by atoms with Crippen LogP contribution in [-0.4, -0.2) is 30.9 Å². The third-order valence-corrected chi connectivity index (χ3v) is 2.32. The van der Waals surface area contributed by atoms with Crippen LogP contribution >= 0.6 is 0 Å². The molecule has 0 atom stereocenters. The van der Waals surface area contributed by atoms with E-state index in [4.69, 9.17) is 9.47 Å². The van der Waals surface area contributed by atoms with Crippen molar-refractivity contribution in [2.45, 2.75) is 26.3 Å². The molecule has 0 radical (unpaired) electrons. The van der Waals surface area contributed by atoms with Gasteiger partial charge in [0.25, 0.3) is 5.69 Å². The van der Waals surface area contributed by atoms with E-state index in [2.05, 4.69) is 4.99 Å². The summed E-state index contributed by atoms with van der Waals surface area (Å²) in [6.45, 7) is 5.74. The molecule has 1 rings (SSSR count). The van der Waals surface area contributed by atoms with E-state index >= 15 is 0 Å². The average molecular weight is 266 g/mol.